The molecule has 0 aliphatic heterocycles. The summed E-state index contributed by atoms with van der Waals surface area (Å²) in [6.45, 7) is 0.445. The Labute approximate surface area is 109 Å². The minimum absolute atomic E-state index is 0.0575. The van der Waals surface area contributed by atoms with Gasteiger partial charge < -0.3 is 5.73 Å². The van der Waals surface area contributed by atoms with E-state index >= 15 is 0 Å². The number of alkyl halides is 3. The number of nitrogens with two attached hydrogens (primary N) is 1. The number of hydrogen-bond acceptors (Lipinski definition) is 2. The molecule has 0 amide bonds. The number of thioether (sulfide) groups is 1. The molecule has 0 spiro atoms. The fourth-order valence-electron chi connectivity index (χ4n) is 2.58. The van der Waals surface area contributed by atoms with Crippen LogP contribution < -0.4 is 5.73 Å². The number of fused-ring (bicyclic) bond motifs is 1. The van der Waals surface area contributed by atoms with Crippen molar-refractivity contribution < 1.29 is 13.2 Å². The van der Waals surface area contributed by atoms with E-state index in [-0.39, 0.29) is 22.9 Å². The summed E-state index contributed by atoms with van der Waals surface area (Å²) < 4.78 is 36.5. The first-order chi connectivity index (χ1) is 8.44. The van der Waals surface area contributed by atoms with E-state index in [4.69, 9.17) is 5.73 Å². The highest BCUT2D eigenvalue weighted by Gasteiger charge is 2.37. The highest BCUT2D eigenvalue weighted by atomic mass is 32.2. The smallest absolute Gasteiger partial charge is 0.330 e. The largest absolute Gasteiger partial charge is 0.441 e. The van der Waals surface area contributed by atoms with Crippen LogP contribution in [0.3, 0.4) is 0 Å². The first-order valence-electron chi connectivity index (χ1n) is 5.92. The third-order valence-corrected chi connectivity index (χ3v) is 4.32. The van der Waals surface area contributed by atoms with Gasteiger partial charge >= 0.3 is 5.51 Å². The molecule has 1 aromatic carbocycles. The van der Waals surface area contributed by atoms with E-state index in [0.29, 0.717) is 13.0 Å². The van der Waals surface area contributed by atoms with Gasteiger partial charge in [-0.3, -0.25) is 0 Å². The predicted molar refractivity (Wildman–Crippen MR) is 68.5 cm³/mol. The molecular formula is C13H16F3NS. The molecule has 0 fully saturated rings. The summed E-state index contributed by atoms with van der Waals surface area (Å²) in [4.78, 5) is 0. The highest BCUT2D eigenvalue weighted by molar-refractivity contribution is 8.00. The molecule has 0 aromatic heterocycles. The van der Waals surface area contributed by atoms with Gasteiger partial charge in [-0.15, -0.1) is 0 Å². The van der Waals surface area contributed by atoms with Crippen LogP contribution in [-0.2, 0) is 12.8 Å². The molecule has 1 aliphatic carbocycles. The monoisotopic (exact) mass is 275 g/mol. The van der Waals surface area contributed by atoms with Gasteiger partial charge in [-0.2, -0.15) is 13.2 Å². The molecule has 2 rings (SSSR count). The maximum Gasteiger partial charge on any atom is 0.441 e. The molecule has 0 bridgehead atoms. The minimum Gasteiger partial charge on any atom is -0.330 e. The second-order valence-electron chi connectivity index (χ2n) is 4.87. The van der Waals surface area contributed by atoms with Crippen molar-refractivity contribution in [2.75, 3.05) is 12.3 Å². The van der Waals surface area contributed by atoms with Crippen LogP contribution in [0.1, 0.15) is 17.5 Å². The normalized spacial score (nSPS) is 17.8. The molecule has 5 heteroatoms. The van der Waals surface area contributed by atoms with Gasteiger partial charge in [0.15, 0.2) is 0 Å². The Hall–Kier alpha value is -0.680. The Kier molecular flexibility index (Phi) is 3.92. The Morgan fingerprint density at radius 1 is 1.17 bits per heavy atom. The summed E-state index contributed by atoms with van der Waals surface area (Å²) >= 11 is 0.0575. The fraction of sp³-hybridized carbons (Fsp3) is 0.538. The first-order valence-corrected chi connectivity index (χ1v) is 6.90. The van der Waals surface area contributed by atoms with Gasteiger partial charge in [0.1, 0.15) is 0 Å². The summed E-state index contributed by atoms with van der Waals surface area (Å²) in [5, 5.41) is 0. The Balaban J connectivity index is 1.98. The fourth-order valence-corrected chi connectivity index (χ4v) is 3.35. The maximum absolute atomic E-state index is 12.2. The lowest BCUT2D eigenvalue weighted by molar-refractivity contribution is -0.0329. The first kappa shape index (κ1) is 13.7. The van der Waals surface area contributed by atoms with Crippen LogP contribution >= 0.6 is 11.8 Å². The predicted octanol–water partition coefficient (Wildman–Crippen LogP) is 3.37. The van der Waals surface area contributed by atoms with Crippen LogP contribution in [0.25, 0.3) is 0 Å². The molecule has 0 unspecified atom stereocenters. The van der Waals surface area contributed by atoms with E-state index in [9.17, 15) is 13.2 Å². The summed E-state index contributed by atoms with van der Waals surface area (Å²) in [7, 11) is 0. The number of rotatable bonds is 4. The molecule has 1 aliphatic rings. The van der Waals surface area contributed by atoms with Crippen molar-refractivity contribution in [2.45, 2.75) is 24.8 Å². The molecular weight excluding hydrogens is 259 g/mol. The molecule has 100 valence electrons. The van der Waals surface area contributed by atoms with E-state index in [1.807, 2.05) is 24.3 Å². The third-order valence-electron chi connectivity index (χ3n) is 3.58. The zero-order chi connectivity index (χ0) is 13.2. The van der Waals surface area contributed by atoms with Gasteiger partial charge in [-0.05, 0) is 42.3 Å². The molecule has 0 heterocycles. The lowest BCUT2D eigenvalue weighted by Crippen LogP contribution is -2.32. The average Bonchev–Trinajstić information content (AvgIpc) is 2.66. The SMILES string of the molecule is NCC1(CCSC(F)(F)F)Cc2ccccc2C1. The van der Waals surface area contributed by atoms with E-state index in [1.54, 1.807) is 0 Å². The molecule has 0 saturated heterocycles. The van der Waals surface area contributed by atoms with Crippen LogP contribution in [0.2, 0.25) is 0 Å². The zero-order valence-corrected chi connectivity index (χ0v) is 10.8. The maximum atomic E-state index is 12.2. The highest BCUT2D eigenvalue weighted by Crippen LogP contribution is 2.41. The molecule has 0 saturated carbocycles. The average molecular weight is 275 g/mol. The lowest BCUT2D eigenvalue weighted by Gasteiger charge is -2.27. The van der Waals surface area contributed by atoms with Crippen molar-refractivity contribution in [3.63, 3.8) is 0 Å². The second-order valence-corrected chi connectivity index (χ2v) is 6.03. The topological polar surface area (TPSA) is 26.0 Å². The summed E-state index contributed by atoms with van der Waals surface area (Å²) in [6, 6.07) is 8.03. The number of benzene rings is 1. The molecule has 18 heavy (non-hydrogen) atoms. The van der Waals surface area contributed by atoms with Gasteiger partial charge in [-0.1, -0.05) is 36.0 Å². The third kappa shape index (κ3) is 3.20. The van der Waals surface area contributed by atoms with Crippen molar-refractivity contribution in [1.29, 1.82) is 0 Å². The van der Waals surface area contributed by atoms with Crippen LogP contribution in [0.5, 0.6) is 0 Å². The molecule has 1 nitrogen and oxygen atoms in total. The van der Waals surface area contributed by atoms with Gasteiger partial charge in [0.05, 0.1) is 0 Å². The molecule has 1 aromatic rings. The Morgan fingerprint density at radius 2 is 1.72 bits per heavy atom. The van der Waals surface area contributed by atoms with E-state index in [1.165, 1.54) is 11.1 Å². The summed E-state index contributed by atoms with van der Waals surface area (Å²) in [5.74, 6) is 0.0920. The van der Waals surface area contributed by atoms with Crippen molar-refractivity contribution in [1.82, 2.24) is 0 Å². The molecule has 0 radical (unpaired) electrons. The van der Waals surface area contributed by atoms with Crippen LogP contribution in [-0.4, -0.2) is 17.8 Å². The van der Waals surface area contributed by atoms with Gasteiger partial charge in [-0.25, -0.2) is 0 Å². The number of hydrogen-bond donors (Lipinski definition) is 1. The Bertz CT molecular complexity index is 392. The van der Waals surface area contributed by atoms with Crippen LogP contribution in [0.4, 0.5) is 13.2 Å². The standard InChI is InChI=1S/C13H16F3NS/c14-13(15,16)18-6-5-12(9-17)7-10-3-1-2-4-11(10)8-12/h1-4H,5-9,17H2. The van der Waals surface area contributed by atoms with E-state index in [0.717, 1.165) is 12.8 Å². The number of halogens is 3. The van der Waals surface area contributed by atoms with Gasteiger partial charge in [0.2, 0.25) is 0 Å². The zero-order valence-electron chi connectivity index (χ0n) is 9.96. The lowest BCUT2D eigenvalue weighted by atomic mass is 9.82. The van der Waals surface area contributed by atoms with Crippen LogP contribution in [0.15, 0.2) is 24.3 Å². The second kappa shape index (κ2) is 5.13. The van der Waals surface area contributed by atoms with E-state index < -0.39 is 5.51 Å². The van der Waals surface area contributed by atoms with Crippen molar-refractivity contribution in [3.8, 4) is 0 Å². The molecule has 0 atom stereocenters. The van der Waals surface area contributed by atoms with Crippen molar-refractivity contribution in [3.05, 3.63) is 35.4 Å². The van der Waals surface area contributed by atoms with E-state index in [2.05, 4.69) is 0 Å². The summed E-state index contributed by atoms with van der Waals surface area (Å²) in [6.07, 6.45) is 2.12. The van der Waals surface area contributed by atoms with Crippen molar-refractivity contribution >= 4 is 11.8 Å². The molecule has 2 N–H and O–H groups in total. The quantitative estimate of drug-likeness (QED) is 0.911. The van der Waals surface area contributed by atoms with Gasteiger partial charge in [0.25, 0.3) is 0 Å². The Morgan fingerprint density at radius 3 is 2.17 bits per heavy atom. The van der Waals surface area contributed by atoms with Crippen molar-refractivity contribution in [2.24, 2.45) is 11.1 Å². The van der Waals surface area contributed by atoms with Crippen LogP contribution in [0, 0.1) is 5.41 Å². The van der Waals surface area contributed by atoms with Gasteiger partial charge in [0, 0.05) is 5.75 Å². The summed E-state index contributed by atoms with van der Waals surface area (Å²) in [5.41, 5.74) is 3.96. The minimum atomic E-state index is -4.14.